The van der Waals surface area contributed by atoms with E-state index in [1.165, 1.54) is 0 Å². The van der Waals surface area contributed by atoms with Crippen molar-refractivity contribution in [3.8, 4) is 0 Å². The van der Waals surface area contributed by atoms with Crippen LogP contribution in [0.2, 0.25) is 0 Å². The lowest BCUT2D eigenvalue weighted by Gasteiger charge is -2.24. The van der Waals surface area contributed by atoms with E-state index in [9.17, 15) is 4.79 Å². The van der Waals surface area contributed by atoms with Gasteiger partial charge >= 0.3 is 0 Å². The van der Waals surface area contributed by atoms with E-state index in [0.29, 0.717) is 25.1 Å². The average molecular weight is 246 g/mol. The summed E-state index contributed by atoms with van der Waals surface area (Å²) >= 11 is 0. The first-order valence-electron chi connectivity index (χ1n) is 6.13. The molecule has 4 heteroatoms. The highest BCUT2D eigenvalue weighted by Gasteiger charge is 2.17. The van der Waals surface area contributed by atoms with Crippen LogP contribution in [0.1, 0.15) is 15.9 Å². The first-order chi connectivity index (χ1) is 8.81. The molecule has 4 nitrogen and oxygen atoms in total. The highest BCUT2D eigenvalue weighted by Crippen LogP contribution is 2.10. The molecule has 0 aromatic heterocycles. The molecule has 0 bridgehead atoms. The van der Waals surface area contributed by atoms with Crippen LogP contribution in [0.4, 0.5) is 0 Å². The van der Waals surface area contributed by atoms with E-state index in [-0.39, 0.29) is 12.1 Å². The summed E-state index contributed by atoms with van der Waals surface area (Å²) in [6, 6.07) is 7.55. The topological polar surface area (TPSA) is 50.4 Å². The number of hydrogen-bond acceptors (Lipinski definition) is 3. The van der Waals surface area contributed by atoms with Gasteiger partial charge in [-0.15, -0.1) is 6.58 Å². The highest BCUT2D eigenvalue weighted by atomic mass is 16.5. The van der Waals surface area contributed by atoms with Gasteiger partial charge in [-0.3, -0.25) is 4.79 Å². The molecule has 1 aromatic rings. The van der Waals surface area contributed by atoms with E-state index in [2.05, 4.69) is 17.2 Å². The number of carbonyl (C=O) groups excluding carboxylic acids is 1. The summed E-state index contributed by atoms with van der Waals surface area (Å²) < 4.78 is 5.46. The standard InChI is InChI=1S/C14H18N2O2/c1-2-5-11-6-3-4-7-12(11)14(17)16-13-10-15-8-9-18-13/h2-4,6-7,13,15H,1,5,8-10H2,(H,16,17). The molecule has 1 atom stereocenters. The quantitative estimate of drug-likeness (QED) is 0.782. The van der Waals surface area contributed by atoms with Crippen molar-refractivity contribution in [1.29, 1.82) is 0 Å². The van der Waals surface area contributed by atoms with E-state index in [0.717, 1.165) is 12.1 Å². The van der Waals surface area contributed by atoms with Gasteiger partial charge in [0.15, 0.2) is 0 Å². The maximum Gasteiger partial charge on any atom is 0.253 e. The molecule has 0 spiro atoms. The van der Waals surface area contributed by atoms with Crippen molar-refractivity contribution in [3.63, 3.8) is 0 Å². The first kappa shape index (κ1) is 12.8. The molecule has 1 saturated heterocycles. The van der Waals surface area contributed by atoms with Crippen molar-refractivity contribution in [1.82, 2.24) is 10.6 Å². The summed E-state index contributed by atoms with van der Waals surface area (Å²) in [5.41, 5.74) is 1.67. The highest BCUT2D eigenvalue weighted by molar-refractivity contribution is 5.95. The SMILES string of the molecule is C=CCc1ccccc1C(=O)NC1CNCCO1. The Morgan fingerprint density at radius 2 is 2.39 bits per heavy atom. The smallest absolute Gasteiger partial charge is 0.253 e. The zero-order valence-electron chi connectivity index (χ0n) is 10.3. The molecule has 1 aromatic carbocycles. The average Bonchev–Trinajstić information content (AvgIpc) is 2.41. The van der Waals surface area contributed by atoms with E-state index in [1.807, 2.05) is 24.3 Å². The van der Waals surface area contributed by atoms with Gasteiger partial charge in [-0.2, -0.15) is 0 Å². The zero-order chi connectivity index (χ0) is 12.8. The van der Waals surface area contributed by atoms with Gasteiger partial charge in [0.1, 0.15) is 6.23 Å². The van der Waals surface area contributed by atoms with Crippen LogP contribution < -0.4 is 10.6 Å². The van der Waals surface area contributed by atoms with E-state index in [1.54, 1.807) is 6.08 Å². The summed E-state index contributed by atoms with van der Waals surface area (Å²) in [4.78, 5) is 12.2. The normalized spacial score (nSPS) is 19.2. The molecule has 1 aliphatic heterocycles. The largest absolute Gasteiger partial charge is 0.356 e. The first-order valence-corrected chi connectivity index (χ1v) is 6.13. The van der Waals surface area contributed by atoms with Gasteiger partial charge < -0.3 is 15.4 Å². The second-order valence-electron chi connectivity index (χ2n) is 4.19. The summed E-state index contributed by atoms with van der Waals surface area (Å²) in [5.74, 6) is -0.0962. The minimum absolute atomic E-state index is 0.0962. The molecule has 18 heavy (non-hydrogen) atoms. The lowest BCUT2D eigenvalue weighted by Crippen LogP contribution is -2.49. The summed E-state index contributed by atoms with van der Waals surface area (Å²) in [5, 5.41) is 6.05. The molecule has 2 N–H and O–H groups in total. The molecule has 96 valence electrons. The van der Waals surface area contributed by atoms with Crippen LogP contribution in [0, 0.1) is 0 Å². The lowest BCUT2D eigenvalue weighted by molar-refractivity contribution is 0.00832. The van der Waals surface area contributed by atoms with Gasteiger partial charge in [-0.1, -0.05) is 24.3 Å². The predicted octanol–water partition coefficient (Wildman–Crippen LogP) is 1.09. The maximum atomic E-state index is 12.2. The number of hydrogen-bond donors (Lipinski definition) is 2. The van der Waals surface area contributed by atoms with Crippen LogP contribution in [0.25, 0.3) is 0 Å². The number of nitrogens with one attached hydrogen (secondary N) is 2. The third kappa shape index (κ3) is 3.18. The van der Waals surface area contributed by atoms with Crippen LogP contribution in [0.3, 0.4) is 0 Å². The van der Waals surface area contributed by atoms with Crippen molar-refractivity contribution in [2.75, 3.05) is 19.7 Å². The van der Waals surface area contributed by atoms with Crippen LogP contribution >= 0.6 is 0 Å². The molecule has 1 amide bonds. The van der Waals surface area contributed by atoms with Crippen LogP contribution in [0.5, 0.6) is 0 Å². The Kier molecular flexibility index (Phi) is 4.50. The van der Waals surface area contributed by atoms with Gasteiger partial charge in [-0.05, 0) is 18.1 Å². The molecule has 0 radical (unpaired) electrons. The van der Waals surface area contributed by atoms with Crippen molar-refractivity contribution >= 4 is 5.91 Å². The number of amides is 1. The summed E-state index contributed by atoms with van der Waals surface area (Å²) in [6.45, 7) is 5.81. The van der Waals surface area contributed by atoms with Crippen molar-refractivity contribution in [3.05, 3.63) is 48.0 Å². The molecular formula is C14H18N2O2. The number of ether oxygens (including phenoxy) is 1. The van der Waals surface area contributed by atoms with Gasteiger partial charge in [0, 0.05) is 18.7 Å². The van der Waals surface area contributed by atoms with E-state index < -0.39 is 0 Å². The zero-order valence-corrected chi connectivity index (χ0v) is 10.3. The minimum Gasteiger partial charge on any atom is -0.356 e. The summed E-state index contributed by atoms with van der Waals surface area (Å²) in [6.07, 6.45) is 2.24. The number of carbonyl (C=O) groups is 1. The molecule has 2 rings (SSSR count). The molecule has 1 unspecified atom stereocenters. The Balaban J connectivity index is 2.05. The van der Waals surface area contributed by atoms with Gasteiger partial charge in [0.2, 0.25) is 0 Å². The fourth-order valence-electron chi connectivity index (χ4n) is 1.96. The Bertz CT molecular complexity index is 426. The van der Waals surface area contributed by atoms with E-state index in [4.69, 9.17) is 4.74 Å². The maximum absolute atomic E-state index is 12.2. The third-order valence-corrected chi connectivity index (χ3v) is 2.85. The van der Waals surface area contributed by atoms with Crippen molar-refractivity contribution in [2.24, 2.45) is 0 Å². The fourth-order valence-corrected chi connectivity index (χ4v) is 1.96. The lowest BCUT2D eigenvalue weighted by atomic mass is 10.0. The predicted molar refractivity (Wildman–Crippen MR) is 70.4 cm³/mol. The Morgan fingerprint density at radius 3 is 3.11 bits per heavy atom. The van der Waals surface area contributed by atoms with Gasteiger partial charge in [-0.25, -0.2) is 0 Å². The van der Waals surface area contributed by atoms with E-state index >= 15 is 0 Å². The van der Waals surface area contributed by atoms with Gasteiger partial charge in [0.05, 0.1) is 6.61 Å². The number of rotatable bonds is 4. The molecule has 1 heterocycles. The summed E-state index contributed by atoms with van der Waals surface area (Å²) in [7, 11) is 0. The second kappa shape index (κ2) is 6.33. The van der Waals surface area contributed by atoms with Crippen LogP contribution in [0.15, 0.2) is 36.9 Å². The van der Waals surface area contributed by atoms with Crippen molar-refractivity contribution in [2.45, 2.75) is 12.6 Å². The third-order valence-electron chi connectivity index (χ3n) is 2.85. The van der Waals surface area contributed by atoms with Crippen molar-refractivity contribution < 1.29 is 9.53 Å². The number of benzene rings is 1. The molecule has 0 saturated carbocycles. The molecule has 1 aliphatic rings. The molecule has 0 aliphatic carbocycles. The monoisotopic (exact) mass is 246 g/mol. The Morgan fingerprint density at radius 1 is 1.56 bits per heavy atom. The number of allylic oxidation sites excluding steroid dienone is 1. The van der Waals surface area contributed by atoms with Gasteiger partial charge in [0.25, 0.3) is 5.91 Å². The Hall–Kier alpha value is -1.65. The minimum atomic E-state index is -0.247. The Labute approximate surface area is 107 Å². The van der Waals surface area contributed by atoms with Crippen LogP contribution in [-0.2, 0) is 11.2 Å². The fraction of sp³-hybridized carbons (Fsp3) is 0.357. The molecular weight excluding hydrogens is 228 g/mol. The van der Waals surface area contributed by atoms with Crippen LogP contribution in [-0.4, -0.2) is 31.8 Å². The second-order valence-corrected chi connectivity index (χ2v) is 4.19. The molecule has 1 fully saturated rings. The number of morpholine rings is 1.